The average Bonchev–Trinajstić information content (AvgIpc) is 2.87. The molecule has 4 unspecified atom stereocenters. The van der Waals surface area contributed by atoms with E-state index in [1.165, 1.54) is 20.3 Å². The van der Waals surface area contributed by atoms with Crippen LogP contribution in [0.5, 0.6) is 0 Å². The number of hydrogen-bond donors (Lipinski definition) is 0. The highest BCUT2D eigenvalue weighted by atomic mass is 16.7. The maximum absolute atomic E-state index is 11.7. The summed E-state index contributed by atoms with van der Waals surface area (Å²) in [5.74, 6) is -0.171. The lowest BCUT2D eigenvalue weighted by molar-refractivity contribution is -0.170. The number of carbonyl (C=O) groups is 2. The Kier molecular flexibility index (Phi) is 11.0. The Bertz CT molecular complexity index is 597. The molecule has 0 radical (unpaired) electrons. The van der Waals surface area contributed by atoms with Crippen molar-refractivity contribution < 1.29 is 33.3 Å². The molecule has 0 saturated carbocycles. The highest BCUT2D eigenvalue weighted by Crippen LogP contribution is 2.34. The summed E-state index contributed by atoms with van der Waals surface area (Å²) in [5.41, 5.74) is 0.520. The molecule has 0 bridgehead atoms. The molecule has 31 heavy (non-hydrogen) atoms. The van der Waals surface area contributed by atoms with Gasteiger partial charge in [-0.15, -0.1) is 0 Å². The molecule has 2 aliphatic heterocycles. The molecule has 2 fully saturated rings. The lowest BCUT2D eigenvalue weighted by Gasteiger charge is -2.35. The Hall–Kier alpha value is -1.44. The summed E-state index contributed by atoms with van der Waals surface area (Å²) < 4.78 is 28.5. The number of carbonyl (C=O) groups excluding carboxylic acids is 2. The zero-order valence-corrected chi connectivity index (χ0v) is 19.7. The van der Waals surface area contributed by atoms with Crippen molar-refractivity contribution >= 4 is 11.9 Å². The van der Waals surface area contributed by atoms with Crippen LogP contribution in [0.2, 0.25) is 0 Å². The smallest absolute Gasteiger partial charge is 0.303 e. The first-order valence-electron chi connectivity index (χ1n) is 11.6. The zero-order chi connectivity index (χ0) is 22.7. The first-order valence-corrected chi connectivity index (χ1v) is 11.6. The van der Waals surface area contributed by atoms with Crippen LogP contribution in [0.4, 0.5) is 0 Å². The van der Waals surface area contributed by atoms with E-state index in [0.717, 1.165) is 50.7 Å². The lowest BCUT2D eigenvalue weighted by Crippen LogP contribution is -2.43. The van der Waals surface area contributed by atoms with Gasteiger partial charge in [0.05, 0.1) is 13.2 Å². The second-order valence-corrected chi connectivity index (χ2v) is 9.03. The van der Waals surface area contributed by atoms with Gasteiger partial charge in [0, 0.05) is 20.5 Å². The Balaban J connectivity index is 1.84. The van der Waals surface area contributed by atoms with E-state index in [0.29, 0.717) is 25.6 Å². The first kappa shape index (κ1) is 25.8. The molecule has 0 spiro atoms. The molecular weight excluding hydrogens is 400 g/mol. The molecule has 178 valence electrons. The normalized spacial score (nSPS) is 29.2. The molecule has 2 rings (SSSR count). The molecule has 2 heterocycles. The maximum atomic E-state index is 11.7. The van der Waals surface area contributed by atoms with Crippen LogP contribution in [0.15, 0.2) is 11.6 Å². The molecule has 0 aliphatic carbocycles. The molecule has 2 saturated heterocycles. The van der Waals surface area contributed by atoms with Crippen molar-refractivity contribution in [1.82, 2.24) is 0 Å². The van der Waals surface area contributed by atoms with Gasteiger partial charge in [0.2, 0.25) is 0 Å². The van der Waals surface area contributed by atoms with Crippen molar-refractivity contribution in [3.63, 3.8) is 0 Å². The molecule has 4 atom stereocenters. The highest BCUT2D eigenvalue weighted by molar-refractivity contribution is 5.66. The van der Waals surface area contributed by atoms with Gasteiger partial charge < -0.3 is 23.7 Å². The van der Waals surface area contributed by atoms with Gasteiger partial charge in [-0.25, -0.2) is 0 Å². The summed E-state index contributed by atoms with van der Waals surface area (Å²) in [6, 6.07) is 0. The van der Waals surface area contributed by atoms with Gasteiger partial charge in [-0.1, -0.05) is 13.3 Å². The van der Waals surface area contributed by atoms with Crippen LogP contribution in [0.25, 0.3) is 0 Å². The quantitative estimate of drug-likeness (QED) is 0.369. The maximum Gasteiger partial charge on any atom is 0.303 e. The first-order chi connectivity index (χ1) is 14.8. The number of ether oxygens (including phenoxy) is 5. The SMILES string of the molecule is CC(=O)OC/C=C1\CCC(OC(C)=O)C(C)(CCCC(C)COC2CCCCO2)OC1. The summed E-state index contributed by atoms with van der Waals surface area (Å²) in [4.78, 5) is 22.7. The number of hydrogen-bond acceptors (Lipinski definition) is 7. The third-order valence-corrected chi connectivity index (χ3v) is 6.04. The molecule has 0 amide bonds. The van der Waals surface area contributed by atoms with E-state index in [1.807, 2.05) is 13.0 Å². The van der Waals surface area contributed by atoms with Crippen molar-refractivity contribution in [3.8, 4) is 0 Å². The van der Waals surface area contributed by atoms with Gasteiger partial charge in [-0.2, -0.15) is 0 Å². The van der Waals surface area contributed by atoms with Crippen molar-refractivity contribution in [2.24, 2.45) is 5.92 Å². The highest BCUT2D eigenvalue weighted by Gasteiger charge is 2.39. The molecular formula is C24H40O7. The van der Waals surface area contributed by atoms with E-state index in [4.69, 9.17) is 23.7 Å². The summed E-state index contributed by atoms with van der Waals surface area (Å²) in [7, 11) is 0. The number of rotatable bonds is 10. The molecule has 2 aliphatic rings. The van der Waals surface area contributed by atoms with Crippen molar-refractivity contribution in [2.45, 2.75) is 97.1 Å². The second-order valence-electron chi connectivity index (χ2n) is 9.03. The van der Waals surface area contributed by atoms with Gasteiger partial charge in [-0.05, 0) is 69.4 Å². The largest absolute Gasteiger partial charge is 0.462 e. The molecule has 0 aromatic carbocycles. The minimum absolute atomic E-state index is 0.0514. The van der Waals surface area contributed by atoms with Crippen LogP contribution in [-0.2, 0) is 33.3 Å². The fourth-order valence-electron chi connectivity index (χ4n) is 4.10. The molecule has 7 nitrogen and oxygen atoms in total. The summed E-state index contributed by atoms with van der Waals surface area (Å²) >= 11 is 0. The monoisotopic (exact) mass is 440 g/mol. The number of esters is 2. The van der Waals surface area contributed by atoms with Crippen LogP contribution < -0.4 is 0 Å². The predicted octanol–water partition coefficient (Wildman–Crippen LogP) is 4.33. The van der Waals surface area contributed by atoms with Crippen molar-refractivity contribution in [2.75, 3.05) is 26.4 Å². The second kappa shape index (κ2) is 13.2. The minimum atomic E-state index is -0.546. The van der Waals surface area contributed by atoms with Gasteiger partial charge in [0.25, 0.3) is 0 Å². The molecule has 0 N–H and O–H groups in total. The Morgan fingerprint density at radius 3 is 2.71 bits per heavy atom. The van der Waals surface area contributed by atoms with Gasteiger partial charge in [0.1, 0.15) is 18.3 Å². The van der Waals surface area contributed by atoms with Gasteiger partial charge in [-0.3, -0.25) is 9.59 Å². The van der Waals surface area contributed by atoms with E-state index >= 15 is 0 Å². The van der Waals surface area contributed by atoms with Crippen LogP contribution in [0.1, 0.15) is 79.1 Å². The van der Waals surface area contributed by atoms with Crippen molar-refractivity contribution in [3.05, 3.63) is 11.6 Å². The van der Waals surface area contributed by atoms with E-state index in [-0.39, 0.29) is 30.9 Å². The molecule has 0 aromatic heterocycles. The fraction of sp³-hybridized carbons (Fsp3) is 0.833. The van der Waals surface area contributed by atoms with Crippen LogP contribution in [-0.4, -0.2) is 56.4 Å². The Morgan fingerprint density at radius 2 is 2.03 bits per heavy atom. The van der Waals surface area contributed by atoms with Crippen LogP contribution in [0, 0.1) is 5.92 Å². The predicted molar refractivity (Wildman–Crippen MR) is 116 cm³/mol. The van der Waals surface area contributed by atoms with E-state index in [1.54, 1.807) is 0 Å². The van der Waals surface area contributed by atoms with E-state index in [2.05, 4.69) is 6.92 Å². The Morgan fingerprint density at radius 1 is 1.23 bits per heavy atom. The standard InChI is InChI=1S/C24H40O7/c1-18(16-29-23-9-5-6-14-28-23)8-7-13-24(4)22(31-20(3)26)11-10-21(17-30-24)12-15-27-19(2)25/h12,18,22-23H,5-11,13-17H2,1-4H3/b21-12+. The summed E-state index contributed by atoms with van der Waals surface area (Å²) in [5, 5.41) is 0. The average molecular weight is 441 g/mol. The molecule has 7 heteroatoms. The third-order valence-electron chi connectivity index (χ3n) is 6.04. The van der Waals surface area contributed by atoms with Crippen LogP contribution in [0.3, 0.4) is 0 Å². The van der Waals surface area contributed by atoms with E-state index in [9.17, 15) is 9.59 Å². The van der Waals surface area contributed by atoms with Gasteiger partial charge in [0.15, 0.2) is 6.29 Å². The van der Waals surface area contributed by atoms with E-state index < -0.39 is 5.60 Å². The van der Waals surface area contributed by atoms with Crippen LogP contribution >= 0.6 is 0 Å². The van der Waals surface area contributed by atoms with Crippen molar-refractivity contribution in [1.29, 1.82) is 0 Å². The Labute approximate surface area is 186 Å². The molecule has 0 aromatic rings. The fourth-order valence-corrected chi connectivity index (χ4v) is 4.10. The zero-order valence-electron chi connectivity index (χ0n) is 19.7. The lowest BCUT2D eigenvalue weighted by atomic mass is 9.88. The summed E-state index contributed by atoms with van der Waals surface area (Å²) in [6.07, 6.45) is 9.02. The topological polar surface area (TPSA) is 80.3 Å². The van der Waals surface area contributed by atoms with Gasteiger partial charge >= 0.3 is 11.9 Å². The third kappa shape index (κ3) is 9.71. The summed E-state index contributed by atoms with van der Waals surface area (Å²) in [6.45, 7) is 9.24. The minimum Gasteiger partial charge on any atom is -0.462 e.